The number of pyridine rings is 2. The van der Waals surface area contributed by atoms with Gasteiger partial charge < -0.3 is 14.8 Å². The summed E-state index contributed by atoms with van der Waals surface area (Å²) in [5.41, 5.74) is 1.81. The minimum absolute atomic E-state index is 0.0917. The molecule has 150 valence electrons. The molecule has 0 aliphatic heterocycles. The van der Waals surface area contributed by atoms with Gasteiger partial charge in [-0.2, -0.15) is 0 Å². The molecule has 2 N–H and O–H groups in total. The van der Waals surface area contributed by atoms with E-state index in [2.05, 4.69) is 9.97 Å². The molecule has 0 saturated heterocycles. The Balaban J connectivity index is 1.77. The number of fused-ring (bicyclic) bond motifs is 1. The highest BCUT2D eigenvalue weighted by molar-refractivity contribution is 6.03. The molecule has 6 nitrogen and oxygen atoms in total. The van der Waals surface area contributed by atoms with Crippen LogP contribution in [-0.2, 0) is 0 Å². The molecule has 0 atom stereocenters. The van der Waals surface area contributed by atoms with Crippen LogP contribution in [0.1, 0.15) is 17.3 Å². The minimum Gasteiger partial charge on any atom is -0.494 e. The average Bonchev–Trinajstić information content (AvgIpc) is 2.73. The van der Waals surface area contributed by atoms with Gasteiger partial charge in [-0.25, -0.2) is 14.2 Å². The summed E-state index contributed by atoms with van der Waals surface area (Å²) in [6.07, 6.45) is 1.56. The van der Waals surface area contributed by atoms with Crippen molar-refractivity contribution < 1.29 is 19.0 Å². The molecule has 0 amide bonds. The second kappa shape index (κ2) is 7.79. The van der Waals surface area contributed by atoms with E-state index < -0.39 is 11.8 Å². The zero-order valence-electron chi connectivity index (χ0n) is 16.0. The SMILES string of the molecule is CCOc1ccc(-c2c[nH]c(-c3cc(C(=O)O)c4cc(F)ccc4n3)cc2=O)cc1. The third kappa shape index (κ3) is 3.65. The van der Waals surface area contributed by atoms with E-state index in [1.165, 1.54) is 24.3 Å². The molecule has 2 aromatic carbocycles. The van der Waals surface area contributed by atoms with Crippen LogP contribution in [0, 0.1) is 5.82 Å². The van der Waals surface area contributed by atoms with Crippen LogP contribution < -0.4 is 10.2 Å². The summed E-state index contributed by atoms with van der Waals surface area (Å²) in [6.45, 7) is 2.45. The smallest absolute Gasteiger partial charge is 0.336 e. The van der Waals surface area contributed by atoms with Crippen LogP contribution in [0.3, 0.4) is 0 Å². The number of carboxylic acid groups (broad SMARTS) is 1. The van der Waals surface area contributed by atoms with Crippen LogP contribution in [-0.4, -0.2) is 27.7 Å². The number of rotatable bonds is 5. The average molecular weight is 404 g/mol. The number of aromatic amines is 1. The van der Waals surface area contributed by atoms with Crippen molar-refractivity contribution in [1.82, 2.24) is 9.97 Å². The number of aromatic nitrogens is 2. The third-order valence-electron chi connectivity index (χ3n) is 4.67. The van der Waals surface area contributed by atoms with E-state index in [0.717, 1.165) is 11.6 Å². The maximum absolute atomic E-state index is 13.6. The number of aromatic carboxylic acids is 1. The van der Waals surface area contributed by atoms with Gasteiger partial charge in [-0.1, -0.05) is 12.1 Å². The number of halogens is 1. The number of hydrogen-bond acceptors (Lipinski definition) is 4. The van der Waals surface area contributed by atoms with Gasteiger partial charge in [-0.15, -0.1) is 0 Å². The molecule has 0 bridgehead atoms. The lowest BCUT2D eigenvalue weighted by Gasteiger charge is -2.09. The Hall–Kier alpha value is -4.00. The highest BCUT2D eigenvalue weighted by Crippen LogP contribution is 2.25. The quantitative estimate of drug-likeness (QED) is 0.511. The van der Waals surface area contributed by atoms with Gasteiger partial charge in [0.25, 0.3) is 0 Å². The fraction of sp³-hybridized carbons (Fsp3) is 0.0870. The summed E-state index contributed by atoms with van der Waals surface area (Å²) in [7, 11) is 0. The molecule has 0 radical (unpaired) electrons. The van der Waals surface area contributed by atoms with Gasteiger partial charge in [0.2, 0.25) is 0 Å². The van der Waals surface area contributed by atoms with E-state index in [1.807, 2.05) is 6.92 Å². The fourth-order valence-corrected chi connectivity index (χ4v) is 3.26. The van der Waals surface area contributed by atoms with Crippen molar-refractivity contribution in [1.29, 1.82) is 0 Å². The van der Waals surface area contributed by atoms with Gasteiger partial charge in [0.1, 0.15) is 11.6 Å². The molecule has 7 heteroatoms. The summed E-state index contributed by atoms with van der Waals surface area (Å²) in [5, 5.41) is 9.71. The van der Waals surface area contributed by atoms with Crippen molar-refractivity contribution in [3.63, 3.8) is 0 Å². The Morgan fingerprint density at radius 1 is 1.13 bits per heavy atom. The summed E-state index contributed by atoms with van der Waals surface area (Å²) in [5.74, 6) is -1.04. The second-order valence-electron chi connectivity index (χ2n) is 6.60. The number of nitrogens with zero attached hydrogens (tertiary/aromatic N) is 1. The molecule has 0 saturated carbocycles. The molecule has 4 aromatic rings. The number of hydrogen-bond donors (Lipinski definition) is 2. The molecular weight excluding hydrogens is 387 g/mol. The predicted molar refractivity (Wildman–Crippen MR) is 111 cm³/mol. The molecule has 4 rings (SSSR count). The first-order valence-corrected chi connectivity index (χ1v) is 9.26. The largest absolute Gasteiger partial charge is 0.494 e. The molecule has 0 aliphatic rings. The normalized spacial score (nSPS) is 10.9. The molecule has 30 heavy (non-hydrogen) atoms. The van der Waals surface area contributed by atoms with Crippen LogP contribution in [0.25, 0.3) is 33.4 Å². The third-order valence-corrected chi connectivity index (χ3v) is 4.67. The van der Waals surface area contributed by atoms with Crippen molar-refractivity contribution in [2.24, 2.45) is 0 Å². The van der Waals surface area contributed by atoms with Crippen molar-refractivity contribution >= 4 is 16.9 Å². The maximum Gasteiger partial charge on any atom is 0.336 e. The lowest BCUT2D eigenvalue weighted by Crippen LogP contribution is -2.07. The minimum atomic E-state index is -1.21. The summed E-state index contributed by atoms with van der Waals surface area (Å²) >= 11 is 0. The molecule has 2 aromatic heterocycles. The van der Waals surface area contributed by atoms with E-state index in [-0.39, 0.29) is 22.1 Å². The monoisotopic (exact) mass is 404 g/mol. The predicted octanol–water partition coefficient (Wildman–Crippen LogP) is 4.49. The summed E-state index contributed by atoms with van der Waals surface area (Å²) in [6, 6.07) is 13.6. The number of carboxylic acids is 1. The van der Waals surface area contributed by atoms with Gasteiger partial charge >= 0.3 is 5.97 Å². The molecule has 0 fully saturated rings. The Morgan fingerprint density at radius 2 is 1.90 bits per heavy atom. The standard InChI is InChI=1S/C23H17FN2O4/c1-2-30-15-6-3-13(4-7-15)18-12-25-20(11-22(18)27)21-10-17(23(28)29)16-9-14(24)5-8-19(16)26-21/h3-12H,2H2,1H3,(H,25,27)(H,28,29). The lowest BCUT2D eigenvalue weighted by molar-refractivity contribution is 0.0699. The van der Waals surface area contributed by atoms with Gasteiger partial charge in [0.15, 0.2) is 5.43 Å². The van der Waals surface area contributed by atoms with E-state index in [9.17, 15) is 19.1 Å². The first-order chi connectivity index (χ1) is 14.5. The van der Waals surface area contributed by atoms with Crippen LogP contribution in [0.4, 0.5) is 4.39 Å². The lowest BCUT2D eigenvalue weighted by atomic mass is 10.0. The maximum atomic E-state index is 13.6. The first-order valence-electron chi connectivity index (χ1n) is 9.26. The van der Waals surface area contributed by atoms with Gasteiger partial charge in [0, 0.05) is 23.2 Å². The fourth-order valence-electron chi connectivity index (χ4n) is 3.26. The second-order valence-corrected chi connectivity index (χ2v) is 6.60. The number of benzene rings is 2. The molecule has 0 aliphatic carbocycles. The number of ether oxygens (including phenoxy) is 1. The Bertz CT molecular complexity index is 1310. The molecular formula is C23H17FN2O4. The highest BCUT2D eigenvalue weighted by atomic mass is 19.1. The summed E-state index contributed by atoms with van der Waals surface area (Å²) < 4.78 is 19.0. The van der Waals surface area contributed by atoms with E-state index >= 15 is 0 Å². The van der Waals surface area contributed by atoms with E-state index in [0.29, 0.717) is 29.1 Å². The zero-order chi connectivity index (χ0) is 21.3. The number of carbonyl (C=O) groups is 1. The molecule has 2 heterocycles. The van der Waals surface area contributed by atoms with Gasteiger partial charge in [0.05, 0.1) is 29.1 Å². The van der Waals surface area contributed by atoms with E-state index in [4.69, 9.17) is 4.74 Å². The molecule has 0 spiro atoms. The Kier molecular flexibility index (Phi) is 5.02. The molecule has 0 unspecified atom stereocenters. The number of H-pyrrole nitrogens is 1. The van der Waals surface area contributed by atoms with Crippen LogP contribution >= 0.6 is 0 Å². The van der Waals surface area contributed by atoms with Crippen LogP contribution in [0.5, 0.6) is 5.75 Å². The Labute approximate surface area is 170 Å². The highest BCUT2D eigenvalue weighted by Gasteiger charge is 2.15. The van der Waals surface area contributed by atoms with Crippen molar-refractivity contribution in [3.8, 4) is 28.3 Å². The zero-order valence-corrected chi connectivity index (χ0v) is 16.0. The van der Waals surface area contributed by atoms with Crippen molar-refractivity contribution in [2.45, 2.75) is 6.92 Å². The summed E-state index contributed by atoms with van der Waals surface area (Å²) in [4.78, 5) is 31.8. The topological polar surface area (TPSA) is 92.3 Å². The first kappa shape index (κ1) is 19.3. The van der Waals surface area contributed by atoms with Crippen molar-refractivity contribution in [2.75, 3.05) is 6.61 Å². The van der Waals surface area contributed by atoms with Gasteiger partial charge in [-0.05, 0) is 48.9 Å². The Morgan fingerprint density at radius 3 is 2.57 bits per heavy atom. The van der Waals surface area contributed by atoms with Crippen LogP contribution in [0.15, 0.2) is 65.6 Å². The number of nitrogens with one attached hydrogen (secondary N) is 1. The van der Waals surface area contributed by atoms with Crippen molar-refractivity contribution in [3.05, 3.63) is 82.4 Å². The van der Waals surface area contributed by atoms with Crippen LogP contribution in [0.2, 0.25) is 0 Å². The van der Waals surface area contributed by atoms with E-state index in [1.54, 1.807) is 30.5 Å². The van der Waals surface area contributed by atoms with Gasteiger partial charge in [-0.3, -0.25) is 4.79 Å².